The Morgan fingerprint density at radius 2 is 1.96 bits per heavy atom. The van der Waals surface area contributed by atoms with Gasteiger partial charge < -0.3 is 25.0 Å². The number of carbonyl (C=O) groups excluding carboxylic acids is 1. The maximum atomic E-state index is 12.0. The number of methoxy groups -OCH3 is 2. The first-order chi connectivity index (χ1) is 11.5. The highest BCUT2D eigenvalue weighted by Crippen LogP contribution is 2.31. The Hall–Kier alpha value is -1.79. The Kier molecular flexibility index (Phi) is 6.87. The van der Waals surface area contributed by atoms with E-state index in [1.54, 1.807) is 25.3 Å². The Bertz CT molecular complexity index is 540. The molecule has 1 fully saturated rings. The summed E-state index contributed by atoms with van der Waals surface area (Å²) in [7, 11) is 3.11. The number of amides is 1. The zero-order chi connectivity index (χ0) is 17.5. The van der Waals surface area contributed by atoms with Crippen LogP contribution in [-0.2, 0) is 4.79 Å². The molecule has 0 aromatic heterocycles. The van der Waals surface area contributed by atoms with Crippen molar-refractivity contribution < 1.29 is 24.5 Å². The summed E-state index contributed by atoms with van der Waals surface area (Å²) in [6.45, 7) is 0. The first-order valence-corrected chi connectivity index (χ1v) is 8.41. The number of aliphatic hydroxyl groups is 2. The number of hydrogen-bond acceptors (Lipinski definition) is 5. The summed E-state index contributed by atoms with van der Waals surface area (Å²) >= 11 is 0. The van der Waals surface area contributed by atoms with Gasteiger partial charge in [0.25, 0.3) is 0 Å². The van der Waals surface area contributed by atoms with Gasteiger partial charge in [-0.2, -0.15) is 0 Å². The molecule has 2 rings (SSSR count). The highest BCUT2D eigenvalue weighted by atomic mass is 16.5. The van der Waals surface area contributed by atoms with Crippen LogP contribution in [0.3, 0.4) is 0 Å². The van der Waals surface area contributed by atoms with Crippen molar-refractivity contribution in [3.63, 3.8) is 0 Å². The molecule has 24 heavy (non-hydrogen) atoms. The lowest BCUT2D eigenvalue weighted by Gasteiger charge is -2.26. The molecule has 0 aliphatic heterocycles. The van der Waals surface area contributed by atoms with E-state index in [4.69, 9.17) is 9.47 Å². The van der Waals surface area contributed by atoms with Gasteiger partial charge in [-0.25, -0.2) is 0 Å². The topological polar surface area (TPSA) is 88.0 Å². The van der Waals surface area contributed by atoms with Crippen molar-refractivity contribution >= 4 is 5.91 Å². The van der Waals surface area contributed by atoms with Crippen LogP contribution in [0.15, 0.2) is 18.2 Å². The molecule has 0 bridgehead atoms. The molecule has 0 spiro atoms. The number of benzene rings is 1. The predicted octanol–water partition coefficient (Wildman–Crippen LogP) is 1.94. The van der Waals surface area contributed by atoms with E-state index in [9.17, 15) is 15.0 Å². The standard InChI is InChI=1S/C18H27NO5/c1-23-14-7-8-15(17(11-14)24-2)16(21)9-10-18(22)19-12-3-5-13(20)6-4-12/h7-8,11-13,16,20-21H,3-6,9-10H2,1-2H3,(H,19,22). The van der Waals surface area contributed by atoms with E-state index in [1.165, 1.54) is 7.11 Å². The Balaban J connectivity index is 1.84. The van der Waals surface area contributed by atoms with E-state index in [0.717, 1.165) is 25.7 Å². The Labute approximate surface area is 142 Å². The van der Waals surface area contributed by atoms with Crippen LogP contribution in [0, 0.1) is 0 Å². The van der Waals surface area contributed by atoms with E-state index in [1.807, 2.05) is 0 Å². The van der Waals surface area contributed by atoms with Crippen molar-refractivity contribution in [2.24, 2.45) is 0 Å². The molecule has 3 N–H and O–H groups in total. The third-order valence-electron chi connectivity index (χ3n) is 4.51. The van der Waals surface area contributed by atoms with E-state index in [2.05, 4.69) is 5.32 Å². The number of ether oxygens (including phenoxy) is 2. The molecule has 1 aromatic rings. The summed E-state index contributed by atoms with van der Waals surface area (Å²) in [5.74, 6) is 1.13. The van der Waals surface area contributed by atoms with Gasteiger partial charge in [0, 0.05) is 24.1 Å². The normalized spacial score (nSPS) is 21.8. The molecule has 134 valence electrons. The molecule has 1 aromatic carbocycles. The monoisotopic (exact) mass is 337 g/mol. The summed E-state index contributed by atoms with van der Waals surface area (Å²) in [4.78, 5) is 12.0. The van der Waals surface area contributed by atoms with Crippen LogP contribution >= 0.6 is 0 Å². The zero-order valence-corrected chi connectivity index (χ0v) is 14.3. The lowest BCUT2D eigenvalue weighted by molar-refractivity contribution is -0.122. The fourth-order valence-corrected chi connectivity index (χ4v) is 3.04. The van der Waals surface area contributed by atoms with Crippen LogP contribution < -0.4 is 14.8 Å². The van der Waals surface area contributed by atoms with E-state index >= 15 is 0 Å². The molecule has 1 saturated carbocycles. The van der Waals surface area contributed by atoms with E-state index in [-0.39, 0.29) is 24.5 Å². The lowest BCUT2D eigenvalue weighted by Crippen LogP contribution is -2.38. The third kappa shape index (κ3) is 5.11. The molecule has 1 aliphatic carbocycles. The molecular formula is C18H27NO5. The van der Waals surface area contributed by atoms with Crippen molar-refractivity contribution in [2.45, 2.75) is 56.8 Å². The molecule has 6 nitrogen and oxygen atoms in total. The summed E-state index contributed by atoms with van der Waals surface area (Å²) in [5, 5.41) is 22.8. The average Bonchev–Trinajstić information content (AvgIpc) is 2.61. The van der Waals surface area contributed by atoms with Crippen molar-refractivity contribution in [1.82, 2.24) is 5.32 Å². The second kappa shape index (κ2) is 8.89. The van der Waals surface area contributed by atoms with Gasteiger partial charge in [-0.3, -0.25) is 4.79 Å². The van der Waals surface area contributed by atoms with Crippen LogP contribution in [-0.4, -0.2) is 42.5 Å². The maximum absolute atomic E-state index is 12.0. The summed E-state index contributed by atoms with van der Waals surface area (Å²) < 4.78 is 10.4. The molecule has 1 atom stereocenters. The molecule has 6 heteroatoms. The largest absolute Gasteiger partial charge is 0.497 e. The van der Waals surface area contributed by atoms with Crippen molar-refractivity contribution in [3.8, 4) is 11.5 Å². The van der Waals surface area contributed by atoms with Gasteiger partial charge in [-0.05, 0) is 44.2 Å². The van der Waals surface area contributed by atoms with Gasteiger partial charge in [-0.15, -0.1) is 0 Å². The first kappa shape index (κ1) is 18.5. The molecular weight excluding hydrogens is 310 g/mol. The Morgan fingerprint density at radius 3 is 2.58 bits per heavy atom. The number of carbonyl (C=O) groups is 1. The van der Waals surface area contributed by atoms with Crippen molar-refractivity contribution in [2.75, 3.05) is 14.2 Å². The summed E-state index contributed by atoms with van der Waals surface area (Å²) in [6.07, 6.45) is 2.64. The molecule has 0 saturated heterocycles. The number of rotatable bonds is 7. The second-order valence-corrected chi connectivity index (χ2v) is 6.24. The molecule has 0 heterocycles. The SMILES string of the molecule is COc1ccc(C(O)CCC(=O)NC2CCC(O)CC2)c(OC)c1. The van der Waals surface area contributed by atoms with Gasteiger partial charge in [0.05, 0.1) is 26.4 Å². The lowest BCUT2D eigenvalue weighted by atomic mass is 9.93. The molecule has 1 amide bonds. The van der Waals surface area contributed by atoms with Crippen LogP contribution in [0.25, 0.3) is 0 Å². The van der Waals surface area contributed by atoms with Crippen molar-refractivity contribution in [1.29, 1.82) is 0 Å². The second-order valence-electron chi connectivity index (χ2n) is 6.24. The minimum atomic E-state index is -0.773. The third-order valence-corrected chi connectivity index (χ3v) is 4.51. The fraction of sp³-hybridized carbons (Fsp3) is 0.611. The van der Waals surface area contributed by atoms with Crippen LogP contribution in [0.1, 0.15) is 50.2 Å². The van der Waals surface area contributed by atoms with Gasteiger partial charge in [0.2, 0.25) is 5.91 Å². The first-order valence-electron chi connectivity index (χ1n) is 8.41. The van der Waals surface area contributed by atoms with E-state index < -0.39 is 6.10 Å². The Morgan fingerprint density at radius 1 is 1.25 bits per heavy atom. The molecule has 1 aliphatic rings. The van der Waals surface area contributed by atoms with Gasteiger partial charge >= 0.3 is 0 Å². The smallest absolute Gasteiger partial charge is 0.220 e. The molecule has 0 radical (unpaired) electrons. The van der Waals surface area contributed by atoms with Gasteiger partial charge in [0.15, 0.2) is 0 Å². The van der Waals surface area contributed by atoms with Gasteiger partial charge in [0.1, 0.15) is 11.5 Å². The summed E-state index contributed by atoms with van der Waals surface area (Å²) in [5.41, 5.74) is 0.645. The number of hydrogen-bond donors (Lipinski definition) is 3. The predicted molar refractivity (Wildman–Crippen MR) is 90.1 cm³/mol. The quantitative estimate of drug-likeness (QED) is 0.708. The molecule has 1 unspecified atom stereocenters. The van der Waals surface area contributed by atoms with Gasteiger partial charge in [-0.1, -0.05) is 0 Å². The maximum Gasteiger partial charge on any atom is 0.220 e. The average molecular weight is 337 g/mol. The van der Waals surface area contributed by atoms with Crippen molar-refractivity contribution in [3.05, 3.63) is 23.8 Å². The van der Waals surface area contributed by atoms with E-state index in [0.29, 0.717) is 23.5 Å². The minimum Gasteiger partial charge on any atom is -0.497 e. The highest BCUT2D eigenvalue weighted by molar-refractivity contribution is 5.76. The van der Waals surface area contributed by atoms with Crippen LogP contribution in [0.2, 0.25) is 0 Å². The minimum absolute atomic E-state index is 0.0667. The zero-order valence-electron chi connectivity index (χ0n) is 14.3. The summed E-state index contributed by atoms with van der Waals surface area (Å²) in [6, 6.07) is 5.36. The fourth-order valence-electron chi connectivity index (χ4n) is 3.04. The van der Waals surface area contributed by atoms with Crippen LogP contribution in [0.5, 0.6) is 11.5 Å². The van der Waals surface area contributed by atoms with Crippen LogP contribution in [0.4, 0.5) is 0 Å². The highest BCUT2D eigenvalue weighted by Gasteiger charge is 2.21. The number of aliphatic hydroxyl groups excluding tert-OH is 2. The number of nitrogens with one attached hydrogen (secondary N) is 1.